The molecule has 0 aromatic heterocycles. The van der Waals surface area contributed by atoms with E-state index in [0.29, 0.717) is 17.2 Å². The number of nitrogens with zero attached hydrogens (tertiary/aromatic N) is 1. The predicted molar refractivity (Wildman–Crippen MR) is 105 cm³/mol. The molecule has 3 rings (SSSR count). The van der Waals surface area contributed by atoms with Gasteiger partial charge in [0.1, 0.15) is 6.61 Å². The average Bonchev–Trinajstić information content (AvgIpc) is 3.10. The molecule has 0 spiro atoms. The van der Waals surface area contributed by atoms with E-state index in [1.165, 1.54) is 11.6 Å². The van der Waals surface area contributed by atoms with Crippen LogP contribution in [0.4, 0.5) is 13.2 Å². The highest BCUT2D eigenvalue weighted by atomic mass is 19.4. The molecule has 0 radical (unpaired) electrons. The van der Waals surface area contributed by atoms with Crippen LogP contribution in [-0.2, 0) is 17.6 Å². The zero-order chi connectivity index (χ0) is 21.1. The molecule has 156 valence electrons. The zero-order valence-electron chi connectivity index (χ0n) is 16.2. The van der Waals surface area contributed by atoms with Crippen LogP contribution in [0.15, 0.2) is 53.7 Å². The average molecular weight is 406 g/mol. The molecule has 2 aromatic carbocycles. The van der Waals surface area contributed by atoms with Crippen LogP contribution < -0.4 is 5.73 Å². The molecule has 1 aliphatic rings. The molecular weight excluding hydrogens is 381 g/mol. The number of hydrogen-bond acceptors (Lipinski definition) is 4. The lowest BCUT2D eigenvalue weighted by Gasteiger charge is -2.20. The first-order valence-electron chi connectivity index (χ1n) is 9.53. The Morgan fingerprint density at radius 3 is 2.59 bits per heavy atom. The Hall–Kier alpha value is -2.38. The number of alkyl halides is 3. The molecule has 2 atom stereocenters. The lowest BCUT2D eigenvalue weighted by Crippen LogP contribution is -2.40. The molecule has 3 N–H and O–H groups in total. The minimum atomic E-state index is -4.38. The van der Waals surface area contributed by atoms with Crippen molar-refractivity contribution in [1.29, 1.82) is 0 Å². The van der Waals surface area contributed by atoms with Crippen molar-refractivity contribution < 1.29 is 23.1 Å². The molecule has 0 aliphatic heterocycles. The first-order chi connectivity index (χ1) is 13.7. The van der Waals surface area contributed by atoms with Crippen molar-refractivity contribution in [3.8, 4) is 0 Å². The monoisotopic (exact) mass is 406 g/mol. The largest absolute Gasteiger partial charge is 0.416 e. The number of aliphatic hydroxyl groups is 1. The summed E-state index contributed by atoms with van der Waals surface area (Å²) in [5.41, 5.74) is 8.05. The predicted octanol–water partition coefficient (Wildman–Crippen LogP) is 4.60. The van der Waals surface area contributed by atoms with Crippen LogP contribution in [0, 0.1) is 0 Å². The van der Waals surface area contributed by atoms with Crippen LogP contribution in [-0.4, -0.2) is 23.0 Å². The third-order valence-electron chi connectivity index (χ3n) is 5.45. The summed E-state index contributed by atoms with van der Waals surface area (Å²) in [6.45, 7) is 1.74. The van der Waals surface area contributed by atoms with E-state index in [2.05, 4.69) is 5.16 Å². The molecule has 0 bridgehead atoms. The molecule has 29 heavy (non-hydrogen) atoms. The fraction of sp³-hybridized carbons (Fsp3) is 0.409. The van der Waals surface area contributed by atoms with Gasteiger partial charge >= 0.3 is 6.18 Å². The van der Waals surface area contributed by atoms with Gasteiger partial charge < -0.3 is 15.7 Å². The quantitative estimate of drug-likeness (QED) is 0.544. The molecule has 1 saturated carbocycles. The molecule has 2 aromatic rings. The van der Waals surface area contributed by atoms with Crippen molar-refractivity contribution in [3.05, 3.63) is 70.8 Å². The highest BCUT2D eigenvalue weighted by Crippen LogP contribution is 2.39. The van der Waals surface area contributed by atoms with Gasteiger partial charge in [0.15, 0.2) is 0 Å². The smallest absolute Gasteiger partial charge is 0.394 e. The van der Waals surface area contributed by atoms with Crippen molar-refractivity contribution in [2.24, 2.45) is 10.9 Å². The number of halogens is 3. The van der Waals surface area contributed by atoms with Crippen molar-refractivity contribution in [2.45, 2.75) is 50.4 Å². The third kappa shape index (κ3) is 5.36. The second-order valence-electron chi connectivity index (χ2n) is 7.73. The van der Waals surface area contributed by atoms with Crippen LogP contribution in [0.5, 0.6) is 0 Å². The van der Waals surface area contributed by atoms with Crippen LogP contribution >= 0.6 is 0 Å². The number of oxime groups is 1. The standard InChI is InChI=1S/C22H25F3N2O2/c1-15(27-29-13-16-3-2-4-20(11-16)22(23,24)25)17-5-7-18(8-6-17)19-9-10-21(26,12-19)14-28/h2-8,11,19,28H,9-10,12-14,26H2,1H3/b27-15+/t19-,21-/m1/s1. The van der Waals surface area contributed by atoms with E-state index in [9.17, 15) is 18.3 Å². The van der Waals surface area contributed by atoms with Crippen LogP contribution in [0.1, 0.15) is 54.4 Å². The number of aliphatic hydroxyl groups excluding tert-OH is 1. The summed E-state index contributed by atoms with van der Waals surface area (Å²) in [6.07, 6.45) is -1.86. The Bertz CT molecular complexity index is 865. The summed E-state index contributed by atoms with van der Waals surface area (Å²) in [7, 11) is 0. The molecular formula is C22H25F3N2O2. The van der Waals surface area contributed by atoms with E-state index in [-0.39, 0.29) is 13.2 Å². The molecule has 1 aliphatic carbocycles. The van der Waals surface area contributed by atoms with Gasteiger partial charge in [-0.25, -0.2) is 0 Å². The topological polar surface area (TPSA) is 67.8 Å². The summed E-state index contributed by atoms with van der Waals surface area (Å²) >= 11 is 0. The summed E-state index contributed by atoms with van der Waals surface area (Å²) in [6, 6.07) is 12.9. The lowest BCUT2D eigenvalue weighted by molar-refractivity contribution is -0.137. The van der Waals surface area contributed by atoms with E-state index in [0.717, 1.165) is 37.0 Å². The van der Waals surface area contributed by atoms with Crippen LogP contribution in [0.3, 0.4) is 0 Å². The maximum Gasteiger partial charge on any atom is 0.416 e. The van der Waals surface area contributed by atoms with Crippen LogP contribution in [0.25, 0.3) is 0 Å². The fourth-order valence-electron chi connectivity index (χ4n) is 3.67. The molecule has 0 heterocycles. The second-order valence-corrected chi connectivity index (χ2v) is 7.73. The molecule has 1 fully saturated rings. The van der Waals surface area contributed by atoms with E-state index in [4.69, 9.17) is 10.6 Å². The number of nitrogens with two attached hydrogens (primary N) is 1. The maximum absolute atomic E-state index is 12.8. The van der Waals surface area contributed by atoms with Gasteiger partial charge in [0.2, 0.25) is 0 Å². The van der Waals surface area contributed by atoms with Gasteiger partial charge in [-0.1, -0.05) is 41.6 Å². The summed E-state index contributed by atoms with van der Waals surface area (Å²) in [5, 5.41) is 13.4. The molecule has 0 amide bonds. The normalized spacial score (nSPS) is 22.7. The number of hydrogen-bond donors (Lipinski definition) is 2. The van der Waals surface area contributed by atoms with Gasteiger partial charge in [0.25, 0.3) is 0 Å². The van der Waals surface area contributed by atoms with Crippen molar-refractivity contribution in [1.82, 2.24) is 0 Å². The van der Waals surface area contributed by atoms with Crippen molar-refractivity contribution in [2.75, 3.05) is 6.61 Å². The molecule has 4 nitrogen and oxygen atoms in total. The van der Waals surface area contributed by atoms with Gasteiger partial charge in [0, 0.05) is 5.54 Å². The summed E-state index contributed by atoms with van der Waals surface area (Å²) in [4.78, 5) is 5.25. The Morgan fingerprint density at radius 1 is 1.24 bits per heavy atom. The third-order valence-corrected chi connectivity index (χ3v) is 5.45. The molecule has 7 heteroatoms. The first-order valence-corrected chi connectivity index (χ1v) is 9.53. The summed E-state index contributed by atoms with van der Waals surface area (Å²) < 4.78 is 38.3. The van der Waals surface area contributed by atoms with Crippen LogP contribution in [0.2, 0.25) is 0 Å². The van der Waals surface area contributed by atoms with E-state index < -0.39 is 17.3 Å². The Kier molecular flexibility index (Phi) is 6.29. The first kappa shape index (κ1) is 21.3. The van der Waals surface area contributed by atoms with Gasteiger partial charge in [-0.05, 0) is 60.9 Å². The SMILES string of the molecule is C/C(=N\OCc1cccc(C(F)(F)F)c1)c1ccc([C@@H]2CC[C@](N)(CO)C2)cc1. The number of rotatable bonds is 6. The van der Waals surface area contributed by atoms with Gasteiger partial charge in [0.05, 0.1) is 17.9 Å². The van der Waals surface area contributed by atoms with Crippen molar-refractivity contribution >= 4 is 5.71 Å². The lowest BCUT2D eigenvalue weighted by atomic mass is 9.93. The minimum absolute atomic E-state index is 0.00341. The maximum atomic E-state index is 12.8. The Morgan fingerprint density at radius 2 is 1.97 bits per heavy atom. The van der Waals surface area contributed by atoms with Gasteiger partial charge in [-0.15, -0.1) is 0 Å². The summed E-state index contributed by atoms with van der Waals surface area (Å²) in [5.74, 6) is 0.329. The van der Waals surface area contributed by atoms with Gasteiger partial charge in [-0.2, -0.15) is 13.2 Å². The second kappa shape index (κ2) is 8.55. The fourth-order valence-corrected chi connectivity index (χ4v) is 3.67. The zero-order valence-corrected chi connectivity index (χ0v) is 16.2. The van der Waals surface area contributed by atoms with E-state index in [1.807, 2.05) is 24.3 Å². The highest BCUT2D eigenvalue weighted by molar-refractivity contribution is 5.98. The Labute approximate surface area is 168 Å². The minimum Gasteiger partial charge on any atom is -0.394 e. The Balaban J connectivity index is 1.59. The highest BCUT2D eigenvalue weighted by Gasteiger charge is 2.35. The number of benzene rings is 2. The van der Waals surface area contributed by atoms with E-state index >= 15 is 0 Å². The van der Waals surface area contributed by atoms with Gasteiger partial charge in [-0.3, -0.25) is 0 Å². The molecule has 0 unspecified atom stereocenters. The van der Waals surface area contributed by atoms with E-state index in [1.54, 1.807) is 13.0 Å². The molecule has 0 saturated heterocycles. The van der Waals surface area contributed by atoms with Crippen molar-refractivity contribution in [3.63, 3.8) is 0 Å².